The van der Waals surface area contributed by atoms with E-state index >= 15 is 0 Å². The van der Waals surface area contributed by atoms with Crippen LogP contribution in [0.15, 0.2) is 188 Å². The van der Waals surface area contributed by atoms with Gasteiger partial charge in [0.25, 0.3) is 0 Å². The largest absolute Gasteiger partial charge is 0.311 e. The second-order valence-electron chi connectivity index (χ2n) is 11.8. The van der Waals surface area contributed by atoms with Gasteiger partial charge in [0.1, 0.15) is 5.65 Å². The lowest BCUT2D eigenvalue weighted by Gasteiger charge is -2.26. The smallest absolute Gasteiger partial charge is 0.131 e. The zero-order chi connectivity index (χ0) is 31.2. The maximum Gasteiger partial charge on any atom is 0.131 e. The molecule has 2 heterocycles. The van der Waals surface area contributed by atoms with E-state index in [1.54, 1.807) is 0 Å². The van der Waals surface area contributed by atoms with E-state index in [-0.39, 0.29) is 0 Å². The van der Waals surface area contributed by atoms with E-state index in [2.05, 4.69) is 202 Å². The number of rotatable bonds is 6. The Bertz CT molecular complexity index is 2470. The van der Waals surface area contributed by atoms with Crippen LogP contribution in [-0.4, -0.2) is 8.97 Å². The summed E-state index contributed by atoms with van der Waals surface area (Å²) in [5.74, 6) is 0. The highest BCUT2D eigenvalue weighted by Gasteiger charge is 2.22. The van der Waals surface area contributed by atoms with Crippen LogP contribution in [0.25, 0.3) is 55.5 Å². The molecule has 0 bridgehead atoms. The molecule has 0 atom stereocenters. The third-order valence-corrected chi connectivity index (χ3v) is 9.10. The Kier molecular flexibility index (Phi) is 6.46. The normalized spacial score (nSPS) is 11.4. The first-order chi connectivity index (χ1) is 23.3. The van der Waals surface area contributed by atoms with Crippen LogP contribution in [0.1, 0.15) is 0 Å². The standard InChI is InChI=1S/C44H31N3/c1-4-14-32(15-5-1)33-24-28-37(29-25-33)45(35-16-6-2-7-17-35)38-30-26-34(27-31-38)43-39-20-10-11-21-40(39)47-42-23-13-12-22-41(42)46(44(43)47)36-18-8-3-9-19-36/h1-31H. The topological polar surface area (TPSA) is 12.6 Å². The Morgan fingerprint density at radius 2 is 0.809 bits per heavy atom. The van der Waals surface area contributed by atoms with Crippen molar-refractivity contribution in [3.05, 3.63) is 188 Å². The Hall–Kier alpha value is -6.32. The minimum Gasteiger partial charge on any atom is -0.311 e. The highest BCUT2D eigenvalue weighted by atomic mass is 15.1. The fourth-order valence-electron chi connectivity index (χ4n) is 7.00. The molecule has 9 aromatic rings. The first kappa shape index (κ1) is 27.0. The fraction of sp³-hybridized carbons (Fsp3) is 0. The number of fused-ring (bicyclic) bond motifs is 5. The molecular formula is C44H31N3. The number of nitrogens with zero attached hydrogens (tertiary/aromatic N) is 3. The van der Waals surface area contributed by atoms with Gasteiger partial charge in [-0.05, 0) is 83.4 Å². The molecule has 47 heavy (non-hydrogen) atoms. The quantitative estimate of drug-likeness (QED) is 0.185. The maximum absolute atomic E-state index is 2.42. The highest BCUT2D eigenvalue weighted by molar-refractivity contribution is 6.09. The minimum atomic E-state index is 1.11. The van der Waals surface area contributed by atoms with Gasteiger partial charge in [0.05, 0.1) is 16.6 Å². The van der Waals surface area contributed by atoms with Gasteiger partial charge in [0, 0.05) is 33.7 Å². The molecule has 0 radical (unpaired) electrons. The number of aromatic nitrogens is 2. The lowest BCUT2D eigenvalue weighted by Crippen LogP contribution is -2.09. The van der Waals surface area contributed by atoms with E-state index in [9.17, 15) is 0 Å². The summed E-state index contributed by atoms with van der Waals surface area (Å²) >= 11 is 0. The van der Waals surface area contributed by atoms with Crippen LogP contribution in [0, 0.1) is 0 Å². The zero-order valence-electron chi connectivity index (χ0n) is 25.7. The van der Waals surface area contributed by atoms with Crippen molar-refractivity contribution < 1.29 is 0 Å². The van der Waals surface area contributed by atoms with Crippen molar-refractivity contribution in [1.82, 2.24) is 8.97 Å². The summed E-state index contributed by atoms with van der Waals surface area (Å²) in [4.78, 5) is 2.33. The van der Waals surface area contributed by atoms with Crippen LogP contribution in [0.4, 0.5) is 17.1 Å². The van der Waals surface area contributed by atoms with Gasteiger partial charge in [-0.1, -0.05) is 121 Å². The van der Waals surface area contributed by atoms with Gasteiger partial charge in [-0.2, -0.15) is 0 Å². The Labute approximate surface area is 273 Å². The zero-order valence-corrected chi connectivity index (χ0v) is 25.7. The number of hydrogen-bond donors (Lipinski definition) is 0. The van der Waals surface area contributed by atoms with Crippen LogP contribution < -0.4 is 4.90 Å². The molecule has 0 aliphatic heterocycles. The lowest BCUT2D eigenvalue weighted by atomic mass is 10.0. The average molecular weight is 602 g/mol. The number of imidazole rings is 1. The molecule has 0 N–H and O–H groups in total. The van der Waals surface area contributed by atoms with Crippen molar-refractivity contribution in [2.45, 2.75) is 0 Å². The van der Waals surface area contributed by atoms with Crippen molar-refractivity contribution in [2.24, 2.45) is 0 Å². The Morgan fingerprint density at radius 3 is 1.47 bits per heavy atom. The number of anilines is 3. The first-order valence-electron chi connectivity index (χ1n) is 16.0. The molecule has 0 aliphatic carbocycles. The summed E-state index contributed by atoms with van der Waals surface area (Å²) in [7, 11) is 0. The molecule has 0 saturated heterocycles. The van der Waals surface area contributed by atoms with Crippen molar-refractivity contribution in [3.63, 3.8) is 0 Å². The summed E-state index contributed by atoms with van der Waals surface area (Å²) in [5, 5.41) is 1.24. The lowest BCUT2D eigenvalue weighted by molar-refractivity contribution is 1.15. The van der Waals surface area contributed by atoms with Gasteiger partial charge >= 0.3 is 0 Å². The van der Waals surface area contributed by atoms with Crippen molar-refractivity contribution >= 4 is 44.6 Å². The predicted octanol–water partition coefficient (Wildman–Crippen LogP) is 11.8. The van der Waals surface area contributed by atoms with E-state index in [1.807, 2.05) is 0 Å². The molecule has 0 spiro atoms. The molecule has 7 aromatic carbocycles. The second-order valence-corrected chi connectivity index (χ2v) is 11.8. The van der Waals surface area contributed by atoms with Gasteiger partial charge in [-0.3, -0.25) is 8.97 Å². The molecular weight excluding hydrogens is 571 g/mol. The molecule has 0 saturated carbocycles. The first-order valence-corrected chi connectivity index (χ1v) is 16.0. The van der Waals surface area contributed by atoms with E-state index in [0.29, 0.717) is 0 Å². The molecule has 0 amide bonds. The van der Waals surface area contributed by atoms with Crippen molar-refractivity contribution in [1.29, 1.82) is 0 Å². The molecule has 222 valence electrons. The summed E-state index contributed by atoms with van der Waals surface area (Å²) < 4.78 is 4.83. The molecule has 0 fully saturated rings. The average Bonchev–Trinajstić information content (AvgIpc) is 3.66. The van der Waals surface area contributed by atoms with Gasteiger partial charge in [0.15, 0.2) is 0 Å². The molecule has 3 heteroatoms. The molecule has 3 nitrogen and oxygen atoms in total. The Balaban J connectivity index is 1.22. The van der Waals surface area contributed by atoms with Gasteiger partial charge in [-0.25, -0.2) is 0 Å². The number of para-hydroxylation sites is 5. The predicted molar refractivity (Wildman–Crippen MR) is 197 cm³/mol. The summed E-state index contributed by atoms with van der Waals surface area (Å²) in [6.07, 6.45) is 0. The maximum atomic E-state index is 2.42. The minimum absolute atomic E-state index is 1.11. The van der Waals surface area contributed by atoms with Crippen LogP contribution in [0.3, 0.4) is 0 Å². The molecule has 9 rings (SSSR count). The fourth-order valence-corrected chi connectivity index (χ4v) is 7.00. The molecule has 0 unspecified atom stereocenters. The van der Waals surface area contributed by atoms with Gasteiger partial charge < -0.3 is 4.90 Å². The van der Waals surface area contributed by atoms with Gasteiger partial charge in [0.2, 0.25) is 0 Å². The second kappa shape index (κ2) is 11.2. The Morgan fingerprint density at radius 1 is 0.340 bits per heavy atom. The SMILES string of the molecule is c1ccc(-c2ccc(N(c3ccccc3)c3ccc(-c4c5ccccc5n5c6ccccc6n(-c6ccccc6)c45)cc3)cc2)cc1. The summed E-state index contributed by atoms with van der Waals surface area (Å²) in [6, 6.07) is 67.2. The van der Waals surface area contributed by atoms with Crippen LogP contribution >= 0.6 is 0 Å². The van der Waals surface area contributed by atoms with Crippen molar-refractivity contribution in [2.75, 3.05) is 4.90 Å². The van der Waals surface area contributed by atoms with E-state index < -0.39 is 0 Å². The van der Waals surface area contributed by atoms with Crippen molar-refractivity contribution in [3.8, 4) is 27.9 Å². The van der Waals surface area contributed by atoms with Crippen LogP contribution in [-0.2, 0) is 0 Å². The van der Waals surface area contributed by atoms with E-state index in [1.165, 1.54) is 49.8 Å². The van der Waals surface area contributed by atoms with Crippen LogP contribution in [0.2, 0.25) is 0 Å². The summed E-state index contributed by atoms with van der Waals surface area (Å²) in [5.41, 5.74) is 14.1. The van der Waals surface area contributed by atoms with Gasteiger partial charge in [-0.15, -0.1) is 0 Å². The van der Waals surface area contributed by atoms with E-state index in [0.717, 1.165) is 22.7 Å². The molecule has 2 aromatic heterocycles. The third-order valence-electron chi connectivity index (χ3n) is 9.10. The summed E-state index contributed by atoms with van der Waals surface area (Å²) in [6.45, 7) is 0. The monoisotopic (exact) mass is 601 g/mol. The number of benzene rings is 7. The number of hydrogen-bond acceptors (Lipinski definition) is 1. The van der Waals surface area contributed by atoms with Crippen LogP contribution in [0.5, 0.6) is 0 Å². The molecule has 0 aliphatic rings. The highest BCUT2D eigenvalue weighted by Crippen LogP contribution is 2.42. The van der Waals surface area contributed by atoms with E-state index in [4.69, 9.17) is 0 Å². The third kappa shape index (κ3) is 4.52.